The van der Waals surface area contributed by atoms with Crippen molar-refractivity contribution in [2.45, 2.75) is 19.4 Å². The number of nitrogens with one attached hydrogen (secondary N) is 1. The van der Waals surface area contributed by atoms with E-state index in [2.05, 4.69) is 15.2 Å². The molecule has 0 bridgehead atoms. The number of piperidine rings is 1. The zero-order valence-electron chi connectivity index (χ0n) is 19.0. The molecule has 0 saturated carbocycles. The highest BCUT2D eigenvalue weighted by atomic mass is 35.5. The van der Waals surface area contributed by atoms with Crippen molar-refractivity contribution in [3.8, 4) is 22.8 Å². The quantitative estimate of drug-likeness (QED) is 0.450. The Labute approximate surface area is 207 Å². The Bertz CT molecular complexity index is 1410. The first-order valence-electron chi connectivity index (χ1n) is 11.7. The standard InChI is InChI=1S/C26H24ClN5O3/c27-20-5-1-3-18(12-20)21-13-22-25(28-8-10-32(22)30-21)31-9-2-4-19(15-31)26(33)29-14-17-6-7-23-24(11-17)35-16-34-23/h1,3,5-8,10-13,19H,2,4,9,14-16H2,(H,29,33)/t19-/m0/s1. The molecule has 0 aliphatic carbocycles. The summed E-state index contributed by atoms with van der Waals surface area (Å²) in [6, 6.07) is 15.4. The fourth-order valence-corrected chi connectivity index (χ4v) is 4.90. The molecule has 35 heavy (non-hydrogen) atoms. The molecule has 0 unspecified atom stereocenters. The molecular formula is C26H24ClN5O3. The third-order valence-electron chi connectivity index (χ3n) is 6.49. The Hall–Kier alpha value is -3.78. The molecule has 1 saturated heterocycles. The van der Waals surface area contributed by atoms with Gasteiger partial charge in [0.2, 0.25) is 12.7 Å². The molecule has 4 heterocycles. The highest BCUT2D eigenvalue weighted by Gasteiger charge is 2.28. The number of carbonyl (C=O) groups excluding carboxylic acids is 1. The van der Waals surface area contributed by atoms with Gasteiger partial charge in [-0.2, -0.15) is 5.10 Å². The summed E-state index contributed by atoms with van der Waals surface area (Å²) < 4.78 is 12.6. The van der Waals surface area contributed by atoms with Crippen LogP contribution in [0.15, 0.2) is 60.9 Å². The fraction of sp³-hybridized carbons (Fsp3) is 0.269. The third kappa shape index (κ3) is 4.37. The van der Waals surface area contributed by atoms with Gasteiger partial charge in [-0.15, -0.1) is 0 Å². The van der Waals surface area contributed by atoms with Gasteiger partial charge in [0.05, 0.1) is 11.6 Å². The summed E-state index contributed by atoms with van der Waals surface area (Å²) in [6.45, 7) is 2.14. The van der Waals surface area contributed by atoms with Crippen LogP contribution in [-0.2, 0) is 11.3 Å². The van der Waals surface area contributed by atoms with Gasteiger partial charge < -0.3 is 19.7 Å². The first-order valence-corrected chi connectivity index (χ1v) is 12.0. The van der Waals surface area contributed by atoms with Crippen LogP contribution in [0.2, 0.25) is 5.02 Å². The lowest BCUT2D eigenvalue weighted by molar-refractivity contribution is -0.125. The van der Waals surface area contributed by atoms with Crippen molar-refractivity contribution in [1.29, 1.82) is 0 Å². The number of carbonyl (C=O) groups is 1. The maximum atomic E-state index is 13.0. The molecule has 0 radical (unpaired) electrons. The van der Waals surface area contributed by atoms with E-state index in [4.69, 9.17) is 26.2 Å². The van der Waals surface area contributed by atoms with E-state index >= 15 is 0 Å². The second-order valence-corrected chi connectivity index (χ2v) is 9.25. The van der Waals surface area contributed by atoms with Crippen molar-refractivity contribution >= 4 is 28.8 Å². The summed E-state index contributed by atoms with van der Waals surface area (Å²) in [6.07, 6.45) is 5.35. The molecule has 1 N–H and O–H groups in total. The minimum absolute atomic E-state index is 0.0486. The van der Waals surface area contributed by atoms with Crippen LogP contribution in [-0.4, -0.2) is 40.4 Å². The monoisotopic (exact) mass is 489 g/mol. The van der Waals surface area contributed by atoms with Gasteiger partial charge in [-0.1, -0.05) is 29.8 Å². The number of anilines is 1. The molecule has 1 fully saturated rings. The maximum Gasteiger partial charge on any atom is 0.231 e. The maximum absolute atomic E-state index is 13.0. The third-order valence-corrected chi connectivity index (χ3v) is 6.72. The lowest BCUT2D eigenvalue weighted by Crippen LogP contribution is -2.43. The van der Waals surface area contributed by atoms with Crippen molar-refractivity contribution in [1.82, 2.24) is 19.9 Å². The second kappa shape index (κ2) is 9.11. The predicted octanol–water partition coefficient (Wildman–Crippen LogP) is 4.31. The van der Waals surface area contributed by atoms with E-state index in [0.717, 1.165) is 59.0 Å². The SMILES string of the molecule is O=C(NCc1ccc2c(c1)OCO2)[C@H]1CCCN(c2nccn3nc(-c4cccc(Cl)c4)cc23)C1. The molecular weight excluding hydrogens is 466 g/mol. The number of halogens is 1. The van der Waals surface area contributed by atoms with Crippen molar-refractivity contribution in [3.05, 3.63) is 71.5 Å². The van der Waals surface area contributed by atoms with Crippen molar-refractivity contribution in [2.75, 3.05) is 24.8 Å². The number of rotatable bonds is 5. The van der Waals surface area contributed by atoms with Gasteiger partial charge in [-0.25, -0.2) is 9.50 Å². The van der Waals surface area contributed by atoms with Gasteiger partial charge in [0.25, 0.3) is 0 Å². The van der Waals surface area contributed by atoms with Crippen LogP contribution in [0.25, 0.3) is 16.8 Å². The van der Waals surface area contributed by atoms with Crippen LogP contribution in [0.4, 0.5) is 5.82 Å². The summed E-state index contributed by atoms with van der Waals surface area (Å²) in [4.78, 5) is 19.9. The number of hydrogen-bond donors (Lipinski definition) is 1. The van der Waals surface area contributed by atoms with Crippen LogP contribution in [0.5, 0.6) is 11.5 Å². The zero-order valence-corrected chi connectivity index (χ0v) is 19.7. The molecule has 2 aliphatic heterocycles. The van der Waals surface area contributed by atoms with Gasteiger partial charge in [0.1, 0.15) is 5.52 Å². The molecule has 178 valence electrons. The summed E-state index contributed by atoms with van der Waals surface area (Å²) in [5.74, 6) is 2.23. The number of ether oxygens (including phenoxy) is 2. The smallest absolute Gasteiger partial charge is 0.231 e. The zero-order chi connectivity index (χ0) is 23.8. The number of fused-ring (bicyclic) bond motifs is 2. The summed E-state index contributed by atoms with van der Waals surface area (Å²) in [5.41, 5.74) is 3.67. The number of amides is 1. The number of benzene rings is 2. The lowest BCUT2D eigenvalue weighted by atomic mass is 9.97. The van der Waals surface area contributed by atoms with E-state index < -0.39 is 0 Å². The average Bonchev–Trinajstić information content (AvgIpc) is 3.54. The molecule has 1 atom stereocenters. The van der Waals surface area contributed by atoms with Gasteiger partial charge in [0, 0.05) is 42.6 Å². The lowest BCUT2D eigenvalue weighted by Gasteiger charge is -2.33. The minimum Gasteiger partial charge on any atom is -0.454 e. The normalized spacial score (nSPS) is 17.1. The van der Waals surface area contributed by atoms with E-state index in [1.54, 1.807) is 6.20 Å². The van der Waals surface area contributed by atoms with Gasteiger partial charge in [-0.05, 0) is 48.7 Å². The molecule has 4 aromatic rings. The van der Waals surface area contributed by atoms with Crippen LogP contribution in [0, 0.1) is 5.92 Å². The minimum atomic E-state index is -0.116. The van der Waals surface area contributed by atoms with Crippen LogP contribution in [0.1, 0.15) is 18.4 Å². The second-order valence-electron chi connectivity index (χ2n) is 8.81. The van der Waals surface area contributed by atoms with Crippen LogP contribution >= 0.6 is 11.6 Å². The number of nitrogens with zero attached hydrogens (tertiary/aromatic N) is 4. The fourth-order valence-electron chi connectivity index (χ4n) is 4.71. The summed E-state index contributed by atoms with van der Waals surface area (Å²) in [7, 11) is 0. The molecule has 2 aromatic carbocycles. The largest absolute Gasteiger partial charge is 0.454 e. The highest BCUT2D eigenvalue weighted by Crippen LogP contribution is 2.33. The molecule has 9 heteroatoms. The first kappa shape index (κ1) is 21.7. The van der Waals surface area contributed by atoms with Gasteiger partial charge >= 0.3 is 0 Å². The predicted molar refractivity (Wildman–Crippen MR) is 133 cm³/mol. The van der Waals surface area contributed by atoms with E-state index in [1.807, 2.05) is 59.2 Å². The first-order chi connectivity index (χ1) is 17.1. The van der Waals surface area contributed by atoms with Gasteiger partial charge in [-0.3, -0.25) is 4.79 Å². The topological polar surface area (TPSA) is 81.0 Å². The Morgan fingerprint density at radius 2 is 2.06 bits per heavy atom. The van der Waals surface area contributed by atoms with Crippen LogP contribution in [0.3, 0.4) is 0 Å². The van der Waals surface area contributed by atoms with E-state index in [1.165, 1.54) is 0 Å². The Kier molecular flexibility index (Phi) is 5.66. The van der Waals surface area contributed by atoms with E-state index in [-0.39, 0.29) is 18.6 Å². The van der Waals surface area contributed by atoms with Crippen molar-refractivity contribution in [3.63, 3.8) is 0 Å². The van der Waals surface area contributed by atoms with E-state index in [9.17, 15) is 4.79 Å². The van der Waals surface area contributed by atoms with Crippen molar-refractivity contribution in [2.24, 2.45) is 5.92 Å². The number of hydrogen-bond acceptors (Lipinski definition) is 6. The number of aromatic nitrogens is 3. The molecule has 8 nitrogen and oxygen atoms in total. The Balaban J connectivity index is 1.17. The Morgan fingerprint density at radius 3 is 2.97 bits per heavy atom. The van der Waals surface area contributed by atoms with Crippen LogP contribution < -0.4 is 19.7 Å². The van der Waals surface area contributed by atoms with Gasteiger partial charge in [0.15, 0.2) is 17.3 Å². The molecule has 2 aromatic heterocycles. The summed E-state index contributed by atoms with van der Waals surface area (Å²) >= 11 is 6.18. The molecule has 0 spiro atoms. The summed E-state index contributed by atoms with van der Waals surface area (Å²) in [5, 5.41) is 8.47. The molecule has 1 amide bonds. The Morgan fingerprint density at radius 1 is 1.14 bits per heavy atom. The van der Waals surface area contributed by atoms with E-state index in [0.29, 0.717) is 18.1 Å². The molecule has 2 aliphatic rings. The van der Waals surface area contributed by atoms with Crippen molar-refractivity contribution < 1.29 is 14.3 Å². The highest BCUT2D eigenvalue weighted by molar-refractivity contribution is 6.30. The molecule has 6 rings (SSSR count). The average molecular weight is 490 g/mol.